The Bertz CT molecular complexity index is 566. The maximum Gasteiger partial charge on any atom is 0.264 e. The van der Waals surface area contributed by atoms with Gasteiger partial charge in [0, 0.05) is 6.61 Å². The number of benzene rings is 1. The first kappa shape index (κ1) is 15.7. The van der Waals surface area contributed by atoms with Gasteiger partial charge in [-0.15, -0.1) is 0 Å². The molecule has 6 heteroatoms. The van der Waals surface area contributed by atoms with Gasteiger partial charge in [-0.3, -0.25) is 4.79 Å². The maximum absolute atomic E-state index is 12.1. The highest BCUT2D eigenvalue weighted by molar-refractivity contribution is 7.90. The van der Waals surface area contributed by atoms with Gasteiger partial charge >= 0.3 is 0 Å². The summed E-state index contributed by atoms with van der Waals surface area (Å²) in [5, 5.41) is 0. The molecule has 19 heavy (non-hydrogen) atoms. The molecular weight excluding hydrogens is 266 g/mol. The fourth-order valence-corrected chi connectivity index (χ4v) is 2.97. The number of rotatable bonds is 5. The standard InChI is InChI=1S/C13H19NO4S/c1-5-18-11(4)13(15)14-19(16,17)12-8-9(2)6-7-10(12)3/h6-8,11H,5H2,1-4H3,(H,14,15). The lowest BCUT2D eigenvalue weighted by atomic mass is 10.2. The second-order valence-electron chi connectivity index (χ2n) is 4.34. The van der Waals surface area contributed by atoms with E-state index in [1.807, 2.05) is 10.8 Å². The first-order valence-corrected chi connectivity index (χ1v) is 7.51. The van der Waals surface area contributed by atoms with Crippen LogP contribution in [0, 0.1) is 13.8 Å². The van der Waals surface area contributed by atoms with Gasteiger partial charge in [0.15, 0.2) is 0 Å². The quantitative estimate of drug-likeness (QED) is 0.890. The second-order valence-corrected chi connectivity index (χ2v) is 5.99. The predicted octanol–water partition coefficient (Wildman–Crippen LogP) is 1.53. The predicted molar refractivity (Wildman–Crippen MR) is 72.3 cm³/mol. The zero-order chi connectivity index (χ0) is 14.6. The van der Waals surface area contributed by atoms with E-state index in [0.29, 0.717) is 12.2 Å². The Morgan fingerprint density at radius 2 is 2.00 bits per heavy atom. The van der Waals surface area contributed by atoms with Gasteiger partial charge in [0.25, 0.3) is 15.9 Å². The summed E-state index contributed by atoms with van der Waals surface area (Å²) in [7, 11) is -3.86. The summed E-state index contributed by atoms with van der Waals surface area (Å²) >= 11 is 0. The topological polar surface area (TPSA) is 72.5 Å². The molecule has 5 nitrogen and oxygen atoms in total. The average Bonchev–Trinajstić information content (AvgIpc) is 2.31. The van der Waals surface area contributed by atoms with E-state index in [1.54, 1.807) is 26.8 Å². The van der Waals surface area contributed by atoms with Gasteiger partial charge in [-0.2, -0.15) is 0 Å². The molecule has 1 amide bonds. The number of hydrogen-bond donors (Lipinski definition) is 1. The molecule has 1 unspecified atom stereocenters. The van der Waals surface area contributed by atoms with Gasteiger partial charge in [-0.1, -0.05) is 12.1 Å². The molecule has 106 valence electrons. The van der Waals surface area contributed by atoms with E-state index in [-0.39, 0.29) is 4.90 Å². The third-order valence-corrected chi connectivity index (χ3v) is 4.14. The second kappa shape index (κ2) is 6.16. The number of carbonyl (C=O) groups excluding carboxylic acids is 1. The van der Waals surface area contributed by atoms with Gasteiger partial charge in [-0.25, -0.2) is 13.1 Å². The molecule has 0 spiro atoms. The molecule has 0 aliphatic rings. The van der Waals surface area contributed by atoms with Crippen molar-refractivity contribution < 1.29 is 17.9 Å². The van der Waals surface area contributed by atoms with Crippen LogP contribution < -0.4 is 4.72 Å². The monoisotopic (exact) mass is 285 g/mol. The molecule has 0 fully saturated rings. The SMILES string of the molecule is CCOC(C)C(=O)NS(=O)(=O)c1cc(C)ccc1C. The van der Waals surface area contributed by atoms with Gasteiger partial charge in [0.2, 0.25) is 0 Å². The minimum atomic E-state index is -3.86. The molecule has 0 radical (unpaired) electrons. The average molecular weight is 285 g/mol. The number of hydrogen-bond acceptors (Lipinski definition) is 4. The van der Waals surface area contributed by atoms with Crippen LogP contribution >= 0.6 is 0 Å². The number of ether oxygens (including phenoxy) is 1. The van der Waals surface area contributed by atoms with Crippen LogP contribution in [0.5, 0.6) is 0 Å². The smallest absolute Gasteiger partial charge is 0.264 e. The molecule has 0 saturated carbocycles. The van der Waals surface area contributed by atoms with Crippen molar-refractivity contribution in [2.24, 2.45) is 0 Å². The summed E-state index contributed by atoms with van der Waals surface area (Å²) in [6.07, 6.45) is -0.801. The van der Waals surface area contributed by atoms with Crippen LogP contribution in [0.3, 0.4) is 0 Å². The van der Waals surface area contributed by atoms with E-state index in [1.165, 1.54) is 13.0 Å². The van der Waals surface area contributed by atoms with Crippen molar-refractivity contribution in [3.63, 3.8) is 0 Å². The molecule has 0 heterocycles. The Labute approximate surface area is 114 Å². The van der Waals surface area contributed by atoms with Crippen molar-refractivity contribution >= 4 is 15.9 Å². The normalized spacial score (nSPS) is 13.1. The number of amides is 1. The molecule has 0 aliphatic heterocycles. The number of carbonyl (C=O) groups is 1. The highest BCUT2D eigenvalue weighted by Crippen LogP contribution is 2.16. The fourth-order valence-electron chi connectivity index (χ4n) is 1.59. The molecule has 0 aliphatic carbocycles. The molecule has 1 aromatic rings. The molecular formula is C13H19NO4S. The Morgan fingerprint density at radius 3 is 2.58 bits per heavy atom. The third kappa shape index (κ3) is 4.04. The summed E-state index contributed by atoms with van der Waals surface area (Å²) in [5.41, 5.74) is 1.41. The molecule has 1 atom stereocenters. The van der Waals surface area contributed by atoms with Crippen molar-refractivity contribution in [3.05, 3.63) is 29.3 Å². The van der Waals surface area contributed by atoms with Crippen LogP contribution in [-0.2, 0) is 19.6 Å². The number of sulfonamides is 1. The Morgan fingerprint density at radius 1 is 1.37 bits per heavy atom. The molecule has 0 aromatic heterocycles. The lowest BCUT2D eigenvalue weighted by Gasteiger charge is -2.14. The van der Waals surface area contributed by atoms with Crippen molar-refractivity contribution in [3.8, 4) is 0 Å². The van der Waals surface area contributed by atoms with E-state index in [9.17, 15) is 13.2 Å². The van der Waals surface area contributed by atoms with Gasteiger partial charge < -0.3 is 4.74 Å². The minimum Gasteiger partial charge on any atom is -0.369 e. The Kier molecular flexibility index (Phi) is 5.08. The van der Waals surface area contributed by atoms with Crippen LogP contribution in [0.25, 0.3) is 0 Å². The first-order chi connectivity index (χ1) is 8.77. The highest BCUT2D eigenvalue weighted by atomic mass is 32.2. The van der Waals surface area contributed by atoms with Crippen LogP contribution in [0.15, 0.2) is 23.1 Å². The third-order valence-electron chi connectivity index (χ3n) is 2.65. The van der Waals surface area contributed by atoms with E-state index in [4.69, 9.17) is 4.74 Å². The molecule has 1 rings (SSSR count). The van der Waals surface area contributed by atoms with E-state index in [0.717, 1.165) is 5.56 Å². The molecule has 1 N–H and O–H groups in total. The zero-order valence-electron chi connectivity index (χ0n) is 11.6. The molecule has 1 aromatic carbocycles. The van der Waals surface area contributed by atoms with Crippen molar-refractivity contribution in [2.45, 2.75) is 38.7 Å². The minimum absolute atomic E-state index is 0.115. The van der Waals surface area contributed by atoms with Gasteiger partial charge in [0.1, 0.15) is 6.10 Å². The van der Waals surface area contributed by atoms with Gasteiger partial charge in [-0.05, 0) is 44.9 Å². The molecule has 0 bridgehead atoms. The maximum atomic E-state index is 12.1. The van der Waals surface area contributed by atoms with Crippen LogP contribution in [0.2, 0.25) is 0 Å². The lowest BCUT2D eigenvalue weighted by molar-refractivity contribution is -0.129. The largest absolute Gasteiger partial charge is 0.369 e. The summed E-state index contributed by atoms with van der Waals surface area (Å²) in [6, 6.07) is 5.07. The lowest BCUT2D eigenvalue weighted by Crippen LogP contribution is -2.38. The van der Waals surface area contributed by atoms with Crippen LogP contribution in [-0.4, -0.2) is 27.0 Å². The Balaban J connectivity index is 2.99. The Hall–Kier alpha value is -1.40. The molecule has 0 saturated heterocycles. The summed E-state index contributed by atoms with van der Waals surface area (Å²) in [4.78, 5) is 11.8. The van der Waals surface area contributed by atoms with E-state index < -0.39 is 22.0 Å². The van der Waals surface area contributed by atoms with Crippen LogP contribution in [0.1, 0.15) is 25.0 Å². The van der Waals surface area contributed by atoms with E-state index in [2.05, 4.69) is 0 Å². The highest BCUT2D eigenvalue weighted by Gasteiger charge is 2.23. The van der Waals surface area contributed by atoms with Gasteiger partial charge in [0.05, 0.1) is 4.90 Å². The van der Waals surface area contributed by atoms with Crippen molar-refractivity contribution in [1.82, 2.24) is 4.72 Å². The summed E-state index contributed by atoms with van der Waals surface area (Å²) in [6.45, 7) is 7.08. The summed E-state index contributed by atoms with van der Waals surface area (Å²) in [5.74, 6) is -0.664. The number of aryl methyl sites for hydroxylation is 2. The fraction of sp³-hybridized carbons (Fsp3) is 0.462. The first-order valence-electron chi connectivity index (χ1n) is 6.03. The van der Waals surface area contributed by atoms with Crippen molar-refractivity contribution in [2.75, 3.05) is 6.61 Å². The van der Waals surface area contributed by atoms with Crippen molar-refractivity contribution in [1.29, 1.82) is 0 Å². The van der Waals surface area contributed by atoms with Crippen LogP contribution in [0.4, 0.5) is 0 Å². The van der Waals surface area contributed by atoms with E-state index >= 15 is 0 Å². The summed E-state index contributed by atoms with van der Waals surface area (Å²) < 4.78 is 31.4. The number of nitrogens with one attached hydrogen (secondary N) is 1. The zero-order valence-corrected chi connectivity index (χ0v) is 12.4.